The molecule has 1 atom stereocenters. The van der Waals surface area contributed by atoms with Crippen LogP contribution in [0, 0.1) is 0 Å². The molecule has 7 heteroatoms. The molecule has 1 unspecified atom stereocenters. The van der Waals surface area contributed by atoms with Gasteiger partial charge in [0.2, 0.25) is 0 Å². The summed E-state index contributed by atoms with van der Waals surface area (Å²) in [5, 5.41) is 9.32. The van der Waals surface area contributed by atoms with Gasteiger partial charge in [0.25, 0.3) is 0 Å². The second-order valence-corrected chi connectivity index (χ2v) is 6.46. The van der Waals surface area contributed by atoms with Crippen LogP contribution in [0.15, 0.2) is 35.8 Å². The molecule has 1 aromatic heterocycles. The summed E-state index contributed by atoms with van der Waals surface area (Å²) in [7, 11) is 0. The molecule has 1 aromatic carbocycles. The maximum absolute atomic E-state index is 12.0. The molecule has 0 radical (unpaired) electrons. The van der Waals surface area contributed by atoms with Gasteiger partial charge >= 0.3 is 6.03 Å². The van der Waals surface area contributed by atoms with E-state index in [2.05, 4.69) is 20.5 Å². The van der Waals surface area contributed by atoms with Crippen molar-refractivity contribution in [2.45, 2.75) is 18.9 Å². The Bertz CT molecular complexity index is 634. The zero-order valence-corrected chi connectivity index (χ0v) is 13.5. The molecule has 2 N–H and O–H groups in total. The van der Waals surface area contributed by atoms with Crippen LogP contribution in [0.2, 0.25) is 5.02 Å². The quantitative estimate of drug-likeness (QED) is 0.897. The van der Waals surface area contributed by atoms with Gasteiger partial charge < -0.3 is 15.5 Å². The summed E-state index contributed by atoms with van der Waals surface area (Å²) in [6, 6.07) is 7.19. The number of nitrogens with one attached hydrogen (secondary N) is 2. The third-order valence-electron chi connectivity index (χ3n) is 3.62. The van der Waals surface area contributed by atoms with E-state index in [0.717, 1.165) is 24.5 Å². The smallest absolute Gasteiger partial charge is 0.319 e. The number of nitrogens with zero attached hydrogens (tertiary/aromatic N) is 2. The summed E-state index contributed by atoms with van der Waals surface area (Å²) < 4.78 is 0. The highest BCUT2D eigenvalue weighted by Crippen LogP contribution is 2.26. The second kappa shape index (κ2) is 6.98. The molecule has 0 saturated carbocycles. The first-order chi connectivity index (χ1) is 10.7. The van der Waals surface area contributed by atoms with E-state index in [9.17, 15) is 4.79 Å². The Morgan fingerprint density at radius 3 is 3.18 bits per heavy atom. The minimum atomic E-state index is -0.215. The molecule has 0 bridgehead atoms. The zero-order valence-electron chi connectivity index (χ0n) is 12.0. The Labute approximate surface area is 138 Å². The lowest BCUT2D eigenvalue weighted by Gasteiger charge is -2.24. The van der Waals surface area contributed by atoms with Crippen LogP contribution >= 0.6 is 22.9 Å². The fraction of sp³-hybridized carbons (Fsp3) is 0.333. The van der Waals surface area contributed by atoms with Crippen LogP contribution in [0.25, 0.3) is 0 Å². The summed E-state index contributed by atoms with van der Waals surface area (Å²) in [4.78, 5) is 18.6. The van der Waals surface area contributed by atoms with Crippen LogP contribution < -0.4 is 15.5 Å². The molecule has 0 spiro atoms. The van der Waals surface area contributed by atoms with Crippen molar-refractivity contribution < 1.29 is 4.79 Å². The monoisotopic (exact) mass is 336 g/mol. The number of rotatable bonds is 4. The zero-order chi connectivity index (χ0) is 15.4. The molecule has 116 valence electrons. The van der Waals surface area contributed by atoms with Crippen molar-refractivity contribution in [3.8, 4) is 0 Å². The number of carbonyl (C=O) groups is 1. The number of thiazole rings is 1. The minimum absolute atomic E-state index is 0.215. The van der Waals surface area contributed by atoms with E-state index in [1.165, 1.54) is 0 Å². The van der Waals surface area contributed by atoms with Crippen LogP contribution in [-0.2, 0) is 0 Å². The van der Waals surface area contributed by atoms with Gasteiger partial charge in [-0.25, -0.2) is 9.78 Å². The Kier molecular flexibility index (Phi) is 4.80. The van der Waals surface area contributed by atoms with Crippen molar-refractivity contribution in [2.24, 2.45) is 0 Å². The van der Waals surface area contributed by atoms with Gasteiger partial charge in [-0.2, -0.15) is 0 Å². The van der Waals surface area contributed by atoms with Crippen molar-refractivity contribution in [1.29, 1.82) is 0 Å². The second-order valence-electron chi connectivity index (χ2n) is 5.15. The van der Waals surface area contributed by atoms with Crippen molar-refractivity contribution >= 4 is 39.8 Å². The number of anilines is 2. The SMILES string of the molecule is O=C(NCC1CCCN1c1nccs1)Nc1cccc(Cl)c1. The molecule has 1 saturated heterocycles. The molecular formula is C15H17ClN4OS. The average Bonchev–Trinajstić information content (AvgIpc) is 3.16. The van der Waals surface area contributed by atoms with Crippen molar-refractivity contribution in [2.75, 3.05) is 23.3 Å². The van der Waals surface area contributed by atoms with E-state index in [-0.39, 0.29) is 6.03 Å². The first-order valence-corrected chi connectivity index (χ1v) is 8.45. The van der Waals surface area contributed by atoms with Gasteiger partial charge in [0, 0.05) is 41.4 Å². The number of amides is 2. The number of benzene rings is 1. The highest BCUT2D eigenvalue weighted by molar-refractivity contribution is 7.13. The summed E-state index contributed by atoms with van der Waals surface area (Å²) in [6.07, 6.45) is 4.01. The topological polar surface area (TPSA) is 57.3 Å². The average molecular weight is 337 g/mol. The maximum Gasteiger partial charge on any atom is 0.319 e. The van der Waals surface area contributed by atoms with Crippen LogP contribution in [-0.4, -0.2) is 30.1 Å². The molecule has 1 aliphatic rings. The van der Waals surface area contributed by atoms with Crippen LogP contribution in [0.3, 0.4) is 0 Å². The summed E-state index contributed by atoms with van der Waals surface area (Å²) >= 11 is 7.54. The molecule has 3 rings (SSSR count). The molecule has 2 heterocycles. The van der Waals surface area contributed by atoms with Crippen LogP contribution in [0.4, 0.5) is 15.6 Å². The van der Waals surface area contributed by atoms with E-state index >= 15 is 0 Å². The standard InChI is InChI=1S/C15H17ClN4OS/c16-11-3-1-4-12(9-11)19-14(21)18-10-13-5-2-7-20(13)15-17-6-8-22-15/h1,3-4,6,8-9,13H,2,5,7,10H2,(H2,18,19,21). The number of halogens is 1. The summed E-state index contributed by atoms with van der Waals surface area (Å²) in [5.41, 5.74) is 0.688. The molecule has 0 aliphatic carbocycles. The van der Waals surface area contributed by atoms with E-state index in [4.69, 9.17) is 11.6 Å². The Morgan fingerprint density at radius 1 is 1.50 bits per heavy atom. The van der Waals surface area contributed by atoms with Gasteiger partial charge in [0.1, 0.15) is 0 Å². The Balaban J connectivity index is 1.52. The first-order valence-electron chi connectivity index (χ1n) is 7.19. The minimum Gasteiger partial charge on any atom is -0.343 e. The third-order valence-corrected chi connectivity index (χ3v) is 4.67. The van der Waals surface area contributed by atoms with Crippen LogP contribution in [0.1, 0.15) is 12.8 Å². The molecule has 2 aromatic rings. The number of hydrogen-bond donors (Lipinski definition) is 2. The fourth-order valence-corrected chi connectivity index (χ4v) is 3.54. The molecule has 1 aliphatic heterocycles. The lowest BCUT2D eigenvalue weighted by molar-refractivity contribution is 0.251. The molecule has 1 fully saturated rings. The van der Waals surface area contributed by atoms with Gasteiger partial charge in [0.15, 0.2) is 5.13 Å². The van der Waals surface area contributed by atoms with Gasteiger partial charge in [-0.3, -0.25) is 0 Å². The Hall–Kier alpha value is -1.79. The van der Waals surface area contributed by atoms with Crippen molar-refractivity contribution in [3.05, 3.63) is 40.9 Å². The highest BCUT2D eigenvalue weighted by Gasteiger charge is 2.26. The van der Waals surface area contributed by atoms with Gasteiger partial charge in [-0.15, -0.1) is 11.3 Å². The lowest BCUT2D eigenvalue weighted by Crippen LogP contribution is -2.41. The predicted molar refractivity (Wildman–Crippen MR) is 91.0 cm³/mol. The van der Waals surface area contributed by atoms with E-state index < -0.39 is 0 Å². The highest BCUT2D eigenvalue weighted by atomic mass is 35.5. The number of urea groups is 1. The molecule has 2 amide bonds. The van der Waals surface area contributed by atoms with E-state index in [0.29, 0.717) is 23.3 Å². The molecule has 22 heavy (non-hydrogen) atoms. The van der Waals surface area contributed by atoms with Crippen molar-refractivity contribution in [1.82, 2.24) is 10.3 Å². The summed E-state index contributed by atoms with van der Waals surface area (Å²) in [5.74, 6) is 0. The largest absolute Gasteiger partial charge is 0.343 e. The van der Waals surface area contributed by atoms with Gasteiger partial charge in [-0.05, 0) is 31.0 Å². The first kappa shape index (κ1) is 15.1. The van der Waals surface area contributed by atoms with Crippen molar-refractivity contribution in [3.63, 3.8) is 0 Å². The lowest BCUT2D eigenvalue weighted by atomic mass is 10.2. The predicted octanol–water partition coefficient (Wildman–Crippen LogP) is 3.59. The van der Waals surface area contributed by atoms with Crippen LogP contribution in [0.5, 0.6) is 0 Å². The number of hydrogen-bond acceptors (Lipinski definition) is 4. The fourth-order valence-electron chi connectivity index (χ4n) is 2.61. The van der Waals surface area contributed by atoms with E-state index in [1.807, 2.05) is 17.6 Å². The molecular weight excluding hydrogens is 320 g/mol. The number of carbonyl (C=O) groups excluding carboxylic acids is 1. The van der Waals surface area contributed by atoms with Gasteiger partial charge in [0.05, 0.1) is 0 Å². The molecule has 5 nitrogen and oxygen atoms in total. The number of aromatic nitrogens is 1. The van der Waals surface area contributed by atoms with Gasteiger partial charge in [-0.1, -0.05) is 17.7 Å². The normalized spacial score (nSPS) is 17.5. The maximum atomic E-state index is 12.0. The Morgan fingerprint density at radius 2 is 2.41 bits per heavy atom. The third kappa shape index (κ3) is 3.69. The van der Waals surface area contributed by atoms with E-state index in [1.54, 1.807) is 29.5 Å². The summed E-state index contributed by atoms with van der Waals surface area (Å²) in [6.45, 7) is 1.60.